The minimum atomic E-state index is -0.444. The summed E-state index contributed by atoms with van der Waals surface area (Å²) in [5.74, 6) is -0.327. The third kappa shape index (κ3) is 4.74. The lowest BCUT2D eigenvalue weighted by molar-refractivity contribution is 0.0697. The molecular formula is C20H23N3O3S. The van der Waals surface area contributed by atoms with E-state index >= 15 is 0 Å². The molecular weight excluding hydrogens is 362 g/mol. The first kappa shape index (κ1) is 19.1. The van der Waals surface area contributed by atoms with Gasteiger partial charge in [0.15, 0.2) is 10.9 Å². The Morgan fingerprint density at radius 3 is 2.56 bits per heavy atom. The normalized spacial score (nSPS) is 14.4. The minimum Gasteiger partial charge on any atom is -0.459 e. The molecule has 2 amide bonds. The van der Waals surface area contributed by atoms with E-state index in [1.807, 2.05) is 24.1 Å². The molecule has 1 aromatic carbocycles. The van der Waals surface area contributed by atoms with Gasteiger partial charge in [-0.25, -0.2) is 0 Å². The zero-order valence-electron chi connectivity index (χ0n) is 15.2. The van der Waals surface area contributed by atoms with Crippen molar-refractivity contribution in [2.24, 2.45) is 0 Å². The molecule has 1 saturated carbocycles. The number of anilines is 1. The maximum Gasteiger partial charge on any atom is 0.293 e. The van der Waals surface area contributed by atoms with E-state index in [2.05, 4.69) is 10.6 Å². The molecule has 0 bridgehead atoms. The summed E-state index contributed by atoms with van der Waals surface area (Å²) in [5, 5.41) is 5.61. The fourth-order valence-electron chi connectivity index (χ4n) is 3.33. The monoisotopic (exact) mass is 385 g/mol. The highest BCUT2D eigenvalue weighted by Crippen LogP contribution is 2.25. The fourth-order valence-corrected chi connectivity index (χ4v) is 3.53. The summed E-state index contributed by atoms with van der Waals surface area (Å²) < 4.78 is 5.05. The van der Waals surface area contributed by atoms with Gasteiger partial charge in [-0.2, -0.15) is 0 Å². The largest absolute Gasteiger partial charge is 0.459 e. The molecule has 0 spiro atoms. The van der Waals surface area contributed by atoms with Gasteiger partial charge in [0.05, 0.1) is 17.5 Å². The third-order valence-corrected chi connectivity index (χ3v) is 5.02. The molecule has 0 atom stereocenters. The molecule has 142 valence electrons. The van der Waals surface area contributed by atoms with E-state index in [0.717, 1.165) is 25.7 Å². The highest BCUT2D eigenvalue weighted by Gasteiger charge is 2.24. The average molecular weight is 385 g/mol. The Morgan fingerprint density at radius 2 is 1.85 bits per heavy atom. The number of thiocarbonyl (C=S) groups is 1. The number of rotatable bonds is 4. The lowest BCUT2D eigenvalue weighted by atomic mass is 9.94. The van der Waals surface area contributed by atoms with Crippen molar-refractivity contribution < 1.29 is 14.0 Å². The van der Waals surface area contributed by atoms with Gasteiger partial charge in [-0.1, -0.05) is 31.4 Å². The Bertz CT molecular complexity index is 814. The van der Waals surface area contributed by atoms with Gasteiger partial charge in [-0.15, -0.1) is 0 Å². The van der Waals surface area contributed by atoms with Crippen LogP contribution in [0, 0.1) is 0 Å². The van der Waals surface area contributed by atoms with Gasteiger partial charge < -0.3 is 14.6 Å². The Balaban J connectivity index is 1.68. The van der Waals surface area contributed by atoms with Gasteiger partial charge in [0, 0.05) is 13.1 Å². The zero-order chi connectivity index (χ0) is 19.2. The first-order chi connectivity index (χ1) is 13.1. The maximum absolute atomic E-state index is 13.0. The van der Waals surface area contributed by atoms with Crippen LogP contribution in [-0.4, -0.2) is 34.9 Å². The number of hydrogen-bond donors (Lipinski definition) is 2. The number of amides is 2. The van der Waals surface area contributed by atoms with Gasteiger partial charge in [0.1, 0.15) is 0 Å². The van der Waals surface area contributed by atoms with E-state index in [1.54, 1.807) is 24.3 Å². The second-order valence-corrected chi connectivity index (χ2v) is 7.05. The minimum absolute atomic E-state index is 0.0508. The molecule has 6 nitrogen and oxygen atoms in total. The number of nitrogens with zero attached hydrogens (tertiary/aromatic N) is 1. The van der Waals surface area contributed by atoms with Crippen LogP contribution in [0.1, 0.15) is 53.0 Å². The van der Waals surface area contributed by atoms with Crippen molar-refractivity contribution in [3.63, 3.8) is 0 Å². The molecule has 0 radical (unpaired) electrons. The van der Waals surface area contributed by atoms with E-state index in [0.29, 0.717) is 11.3 Å². The summed E-state index contributed by atoms with van der Waals surface area (Å²) in [4.78, 5) is 26.9. The number of carbonyl (C=O) groups excluding carboxylic acids is 2. The van der Waals surface area contributed by atoms with Gasteiger partial charge in [0.25, 0.3) is 11.8 Å². The van der Waals surface area contributed by atoms with Crippen LogP contribution < -0.4 is 10.6 Å². The van der Waals surface area contributed by atoms with Crippen LogP contribution in [0.15, 0.2) is 47.1 Å². The third-order valence-electron chi connectivity index (χ3n) is 4.82. The van der Waals surface area contributed by atoms with Crippen molar-refractivity contribution in [1.82, 2.24) is 10.2 Å². The van der Waals surface area contributed by atoms with Crippen molar-refractivity contribution in [3.8, 4) is 0 Å². The first-order valence-corrected chi connectivity index (χ1v) is 9.49. The molecule has 1 aliphatic rings. The van der Waals surface area contributed by atoms with Gasteiger partial charge in [0.2, 0.25) is 0 Å². The van der Waals surface area contributed by atoms with E-state index < -0.39 is 5.91 Å². The van der Waals surface area contributed by atoms with Crippen LogP contribution in [0.4, 0.5) is 5.69 Å². The van der Waals surface area contributed by atoms with Crippen molar-refractivity contribution in [1.29, 1.82) is 0 Å². The lowest BCUT2D eigenvalue weighted by Crippen LogP contribution is -2.39. The second kappa shape index (κ2) is 8.81. The molecule has 1 aliphatic carbocycles. The Morgan fingerprint density at radius 1 is 1.11 bits per heavy atom. The van der Waals surface area contributed by atoms with Crippen LogP contribution in [0.2, 0.25) is 0 Å². The van der Waals surface area contributed by atoms with E-state index in [9.17, 15) is 9.59 Å². The second-order valence-electron chi connectivity index (χ2n) is 6.64. The molecule has 1 fully saturated rings. The predicted octanol–water partition coefficient (Wildman–Crippen LogP) is 3.81. The number of carbonyl (C=O) groups is 2. The van der Waals surface area contributed by atoms with E-state index in [-0.39, 0.29) is 22.8 Å². The van der Waals surface area contributed by atoms with Crippen molar-refractivity contribution in [3.05, 3.63) is 54.0 Å². The molecule has 0 saturated heterocycles. The molecule has 1 heterocycles. The Labute approximate surface area is 163 Å². The SMILES string of the molecule is CN(C(=O)c1ccccc1NC(=S)NC(=O)c1ccco1)C1CCCCC1. The average Bonchev–Trinajstić information content (AvgIpc) is 3.23. The number of hydrogen-bond acceptors (Lipinski definition) is 4. The summed E-state index contributed by atoms with van der Waals surface area (Å²) in [6.45, 7) is 0. The fraction of sp³-hybridized carbons (Fsp3) is 0.350. The zero-order valence-corrected chi connectivity index (χ0v) is 16.1. The predicted molar refractivity (Wildman–Crippen MR) is 108 cm³/mol. The van der Waals surface area contributed by atoms with Gasteiger partial charge in [-0.3, -0.25) is 14.9 Å². The van der Waals surface area contributed by atoms with Crippen LogP contribution in [-0.2, 0) is 0 Å². The van der Waals surface area contributed by atoms with Gasteiger partial charge in [-0.05, 0) is 49.3 Å². The molecule has 27 heavy (non-hydrogen) atoms. The summed E-state index contributed by atoms with van der Waals surface area (Å²) in [7, 11) is 1.85. The van der Waals surface area contributed by atoms with Crippen LogP contribution in [0.5, 0.6) is 0 Å². The molecule has 2 aromatic rings. The quantitative estimate of drug-likeness (QED) is 0.783. The van der Waals surface area contributed by atoms with Crippen molar-refractivity contribution in [2.75, 3.05) is 12.4 Å². The molecule has 7 heteroatoms. The van der Waals surface area contributed by atoms with Crippen LogP contribution in [0.25, 0.3) is 0 Å². The summed E-state index contributed by atoms with van der Waals surface area (Å²) in [6, 6.07) is 10.6. The smallest absolute Gasteiger partial charge is 0.293 e. The number of furan rings is 1. The number of benzene rings is 1. The standard InChI is InChI=1S/C20H23N3O3S/c1-23(14-8-3-2-4-9-14)19(25)15-10-5-6-11-16(15)21-20(27)22-18(24)17-12-7-13-26-17/h5-7,10-14H,2-4,8-9H2,1H3,(H2,21,22,24,27). The van der Waals surface area contributed by atoms with E-state index in [4.69, 9.17) is 16.6 Å². The van der Waals surface area contributed by atoms with Crippen molar-refractivity contribution >= 4 is 34.8 Å². The highest BCUT2D eigenvalue weighted by molar-refractivity contribution is 7.80. The highest BCUT2D eigenvalue weighted by atomic mass is 32.1. The molecule has 1 aromatic heterocycles. The van der Waals surface area contributed by atoms with E-state index in [1.165, 1.54) is 12.7 Å². The number of nitrogens with one attached hydrogen (secondary N) is 2. The molecule has 0 aliphatic heterocycles. The first-order valence-electron chi connectivity index (χ1n) is 9.08. The van der Waals surface area contributed by atoms with Gasteiger partial charge >= 0.3 is 0 Å². The summed E-state index contributed by atoms with van der Waals surface area (Å²) in [5.41, 5.74) is 1.09. The molecule has 2 N–H and O–H groups in total. The van der Waals surface area contributed by atoms with Crippen LogP contribution in [0.3, 0.4) is 0 Å². The van der Waals surface area contributed by atoms with Crippen molar-refractivity contribution in [2.45, 2.75) is 38.1 Å². The molecule has 3 rings (SSSR count). The lowest BCUT2D eigenvalue weighted by Gasteiger charge is -2.31. The Hall–Kier alpha value is -2.67. The summed E-state index contributed by atoms with van der Waals surface area (Å²) in [6.07, 6.45) is 7.04. The Kier molecular flexibility index (Phi) is 6.24. The maximum atomic E-state index is 13.0. The summed E-state index contributed by atoms with van der Waals surface area (Å²) >= 11 is 5.21. The topological polar surface area (TPSA) is 74.6 Å². The van der Waals surface area contributed by atoms with Crippen LogP contribution >= 0.6 is 12.2 Å². The number of para-hydroxylation sites is 1. The molecule has 0 unspecified atom stereocenters.